The summed E-state index contributed by atoms with van der Waals surface area (Å²) in [5.74, 6) is 0. The maximum Gasteiger partial charge on any atom is 0.331 e. The third kappa shape index (κ3) is 3.32. The van der Waals surface area contributed by atoms with Crippen LogP contribution < -0.4 is 0 Å². The molecular formula is C12H23O3P. The molecule has 0 aromatic rings. The Labute approximate surface area is 98.1 Å². The Morgan fingerprint density at radius 2 is 1.38 bits per heavy atom. The predicted molar refractivity (Wildman–Crippen MR) is 64.7 cm³/mol. The van der Waals surface area contributed by atoms with Gasteiger partial charge in [-0.05, 0) is 25.7 Å². The van der Waals surface area contributed by atoms with Crippen LogP contribution in [0.15, 0.2) is 0 Å². The van der Waals surface area contributed by atoms with Gasteiger partial charge in [0, 0.05) is 0 Å². The zero-order valence-corrected chi connectivity index (χ0v) is 10.8. The molecule has 3 nitrogen and oxygen atoms in total. The molecule has 2 rings (SSSR count). The van der Waals surface area contributed by atoms with Gasteiger partial charge in [0.05, 0.1) is 11.8 Å². The maximum absolute atomic E-state index is 12.2. The summed E-state index contributed by atoms with van der Waals surface area (Å²) >= 11 is 0. The van der Waals surface area contributed by atoms with Crippen molar-refractivity contribution in [1.29, 1.82) is 0 Å². The lowest BCUT2D eigenvalue weighted by molar-refractivity contribution is 0.129. The van der Waals surface area contributed by atoms with E-state index in [1.54, 1.807) is 0 Å². The lowest BCUT2D eigenvalue weighted by Crippen LogP contribution is -2.21. The maximum atomic E-state index is 12.2. The van der Waals surface area contributed by atoms with Crippen LogP contribution in [0.3, 0.4) is 0 Å². The third-order valence-electron chi connectivity index (χ3n) is 3.89. The van der Waals surface area contributed by atoms with Crippen molar-refractivity contribution >= 4 is 7.60 Å². The average Bonchev–Trinajstić information content (AvgIpc) is 2.31. The summed E-state index contributed by atoms with van der Waals surface area (Å²) in [6, 6.07) is 0. The highest BCUT2D eigenvalue weighted by molar-refractivity contribution is 7.53. The zero-order valence-electron chi connectivity index (χ0n) is 9.94. The van der Waals surface area contributed by atoms with E-state index in [0.29, 0.717) is 0 Å². The van der Waals surface area contributed by atoms with Gasteiger partial charge in [-0.2, -0.15) is 0 Å². The summed E-state index contributed by atoms with van der Waals surface area (Å²) < 4.78 is 17.7. The Balaban J connectivity index is 1.87. The van der Waals surface area contributed by atoms with Crippen LogP contribution >= 0.6 is 7.60 Å². The second kappa shape index (κ2) is 5.66. The van der Waals surface area contributed by atoms with Gasteiger partial charge in [0.2, 0.25) is 0 Å². The molecule has 0 aliphatic heterocycles. The van der Waals surface area contributed by atoms with E-state index < -0.39 is 7.60 Å². The van der Waals surface area contributed by atoms with E-state index in [4.69, 9.17) is 4.52 Å². The van der Waals surface area contributed by atoms with Crippen LogP contribution in [0.25, 0.3) is 0 Å². The number of hydrogen-bond acceptors (Lipinski definition) is 2. The van der Waals surface area contributed by atoms with E-state index in [1.165, 1.54) is 12.8 Å². The molecule has 2 aliphatic rings. The van der Waals surface area contributed by atoms with Crippen molar-refractivity contribution in [3.8, 4) is 0 Å². The van der Waals surface area contributed by atoms with Crippen molar-refractivity contribution in [3.63, 3.8) is 0 Å². The van der Waals surface area contributed by atoms with Crippen molar-refractivity contribution in [2.24, 2.45) is 0 Å². The summed E-state index contributed by atoms with van der Waals surface area (Å²) in [5, 5.41) is 0. The first-order valence-corrected chi connectivity index (χ1v) is 8.34. The van der Waals surface area contributed by atoms with E-state index in [-0.39, 0.29) is 11.8 Å². The van der Waals surface area contributed by atoms with Crippen molar-refractivity contribution in [1.82, 2.24) is 0 Å². The highest BCUT2D eigenvalue weighted by Crippen LogP contribution is 2.54. The van der Waals surface area contributed by atoms with Gasteiger partial charge in [-0.3, -0.25) is 4.57 Å². The molecule has 0 saturated heterocycles. The van der Waals surface area contributed by atoms with E-state index in [9.17, 15) is 9.46 Å². The molecule has 0 heterocycles. The minimum absolute atomic E-state index is 0.0477. The summed E-state index contributed by atoms with van der Waals surface area (Å²) in [5.41, 5.74) is -0.0804. The van der Waals surface area contributed by atoms with Gasteiger partial charge in [-0.15, -0.1) is 0 Å². The van der Waals surface area contributed by atoms with Gasteiger partial charge in [-0.25, -0.2) is 0 Å². The molecule has 0 aromatic carbocycles. The van der Waals surface area contributed by atoms with Gasteiger partial charge in [0.25, 0.3) is 0 Å². The zero-order chi connectivity index (χ0) is 11.4. The first-order chi connectivity index (χ1) is 7.68. The van der Waals surface area contributed by atoms with Crippen molar-refractivity contribution in [2.75, 3.05) is 0 Å². The third-order valence-corrected chi connectivity index (χ3v) is 5.93. The Bertz CT molecular complexity index is 255. The molecule has 94 valence electrons. The first-order valence-electron chi connectivity index (χ1n) is 6.69. The van der Waals surface area contributed by atoms with Crippen LogP contribution in [0.4, 0.5) is 0 Å². The Morgan fingerprint density at radius 3 is 1.94 bits per heavy atom. The van der Waals surface area contributed by atoms with Crippen molar-refractivity contribution in [3.05, 3.63) is 0 Å². The topological polar surface area (TPSA) is 46.5 Å². The van der Waals surface area contributed by atoms with Gasteiger partial charge in [-0.1, -0.05) is 38.5 Å². The fourth-order valence-electron chi connectivity index (χ4n) is 2.88. The molecule has 1 N–H and O–H groups in total. The highest BCUT2D eigenvalue weighted by atomic mass is 31.2. The summed E-state index contributed by atoms with van der Waals surface area (Å²) in [7, 11) is -3.34. The SMILES string of the molecule is O=P(O)(OC1CCCCC1)C1CCCCC1. The van der Waals surface area contributed by atoms with E-state index in [1.807, 2.05) is 0 Å². The molecule has 0 bridgehead atoms. The Morgan fingerprint density at radius 1 is 0.875 bits per heavy atom. The molecule has 1 atom stereocenters. The molecule has 2 aliphatic carbocycles. The molecule has 4 heteroatoms. The fraction of sp³-hybridized carbons (Fsp3) is 1.00. The molecule has 0 aromatic heterocycles. The minimum Gasteiger partial charge on any atom is -0.324 e. The van der Waals surface area contributed by atoms with Gasteiger partial charge in [0.15, 0.2) is 0 Å². The van der Waals surface area contributed by atoms with Crippen LogP contribution in [0.2, 0.25) is 0 Å². The van der Waals surface area contributed by atoms with E-state index in [2.05, 4.69) is 0 Å². The molecule has 2 saturated carbocycles. The lowest BCUT2D eigenvalue weighted by atomic mass is 9.98. The quantitative estimate of drug-likeness (QED) is 0.769. The number of hydrogen-bond donors (Lipinski definition) is 1. The molecule has 0 amide bonds. The highest BCUT2D eigenvalue weighted by Gasteiger charge is 2.35. The lowest BCUT2D eigenvalue weighted by Gasteiger charge is -2.30. The summed E-state index contributed by atoms with van der Waals surface area (Å²) in [4.78, 5) is 10.0. The minimum atomic E-state index is -3.34. The number of rotatable bonds is 3. The smallest absolute Gasteiger partial charge is 0.324 e. The second-order valence-electron chi connectivity index (χ2n) is 5.22. The van der Waals surface area contributed by atoms with Crippen LogP contribution in [0.5, 0.6) is 0 Å². The predicted octanol–water partition coefficient (Wildman–Crippen LogP) is 3.85. The summed E-state index contributed by atoms with van der Waals surface area (Å²) in [6.45, 7) is 0. The van der Waals surface area contributed by atoms with Crippen LogP contribution in [0, 0.1) is 0 Å². The second-order valence-corrected chi connectivity index (χ2v) is 7.29. The fourth-order valence-corrected chi connectivity index (χ4v) is 4.71. The molecule has 0 radical (unpaired) electrons. The van der Waals surface area contributed by atoms with Gasteiger partial charge < -0.3 is 9.42 Å². The molecule has 16 heavy (non-hydrogen) atoms. The monoisotopic (exact) mass is 246 g/mol. The standard InChI is InChI=1S/C12H23O3P/c13-16(14,12-9-5-2-6-10-12)15-11-7-3-1-4-8-11/h11-12H,1-10H2,(H,13,14). The summed E-state index contributed by atoms with van der Waals surface area (Å²) in [6.07, 6.45) is 10.7. The van der Waals surface area contributed by atoms with Crippen LogP contribution in [0.1, 0.15) is 64.2 Å². The van der Waals surface area contributed by atoms with Crippen molar-refractivity contribution in [2.45, 2.75) is 76.0 Å². The van der Waals surface area contributed by atoms with Gasteiger partial charge in [0.1, 0.15) is 0 Å². The Kier molecular flexibility index (Phi) is 4.46. The average molecular weight is 246 g/mol. The normalized spacial score (nSPS) is 28.8. The molecule has 1 unspecified atom stereocenters. The van der Waals surface area contributed by atoms with E-state index in [0.717, 1.165) is 51.4 Å². The van der Waals surface area contributed by atoms with Gasteiger partial charge >= 0.3 is 7.60 Å². The van der Waals surface area contributed by atoms with E-state index >= 15 is 0 Å². The van der Waals surface area contributed by atoms with Crippen LogP contribution in [-0.4, -0.2) is 16.7 Å². The first kappa shape index (κ1) is 12.6. The molecular weight excluding hydrogens is 223 g/mol. The van der Waals surface area contributed by atoms with Crippen molar-refractivity contribution < 1.29 is 14.0 Å². The van der Waals surface area contributed by atoms with Crippen LogP contribution in [-0.2, 0) is 9.09 Å². The molecule has 0 spiro atoms. The Hall–Kier alpha value is 0.150. The largest absolute Gasteiger partial charge is 0.331 e. The molecule has 2 fully saturated rings.